The highest BCUT2D eigenvalue weighted by molar-refractivity contribution is 5.91. The number of benzene rings is 2. The second-order valence-electron chi connectivity index (χ2n) is 7.35. The van der Waals surface area contributed by atoms with Gasteiger partial charge in [0.25, 0.3) is 0 Å². The third kappa shape index (κ3) is 3.05. The molecule has 0 spiro atoms. The first-order valence-corrected chi connectivity index (χ1v) is 7.96. The molecular weight excluding hydrogens is 252 g/mol. The molecule has 2 aromatic rings. The minimum atomic E-state index is 0.137. The topological polar surface area (TPSA) is 0 Å². The van der Waals surface area contributed by atoms with Crippen molar-refractivity contribution in [2.75, 3.05) is 0 Å². The minimum absolute atomic E-state index is 0.137. The van der Waals surface area contributed by atoms with Crippen molar-refractivity contribution in [1.82, 2.24) is 0 Å². The highest BCUT2D eigenvalue weighted by Gasteiger charge is 2.21. The first-order chi connectivity index (χ1) is 9.75. The van der Waals surface area contributed by atoms with Gasteiger partial charge >= 0.3 is 0 Å². The molecule has 0 fully saturated rings. The Morgan fingerprint density at radius 1 is 1.05 bits per heavy atom. The highest BCUT2D eigenvalue weighted by Crippen LogP contribution is 2.37. The minimum Gasteiger partial charge on any atom is -0.0841 e. The standard InChI is InChI=1S/C21H28/c1-8-15(4)18-11-10-17-13-16(14(2)3)9-12-19(17)20(18)21(5,6)7/h8-14H,1-7H3/b15-8-. The van der Waals surface area contributed by atoms with Crippen LogP contribution >= 0.6 is 0 Å². The first-order valence-electron chi connectivity index (χ1n) is 7.96. The number of hydrogen-bond donors (Lipinski definition) is 0. The van der Waals surface area contributed by atoms with Crippen molar-refractivity contribution in [3.63, 3.8) is 0 Å². The van der Waals surface area contributed by atoms with Crippen LogP contribution < -0.4 is 0 Å². The Morgan fingerprint density at radius 2 is 1.71 bits per heavy atom. The van der Waals surface area contributed by atoms with E-state index in [-0.39, 0.29) is 5.41 Å². The monoisotopic (exact) mass is 280 g/mol. The van der Waals surface area contributed by atoms with E-state index in [0.29, 0.717) is 5.92 Å². The van der Waals surface area contributed by atoms with Gasteiger partial charge in [0.15, 0.2) is 0 Å². The molecule has 0 amide bonds. The van der Waals surface area contributed by atoms with Crippen LogP contribution in [-0.4, -0.2) is 0 Å². The van der Waals surface area contributed by atoms with E-state index in [9.17, 15) is 0 Å². The molecule has 21 heavy (non-hydrogen) atoms. The van der Waals surface area contributed by atoms with E-state index in [0.717, 1.165) is 0 Å². The van der Waals surface area contributed by atoms with E-state index in [1.54, 1.807) is 0 Å². The Bertz CT molecular complexity index is 679. The van der Waals surface area contributed by atoms with Gasteiger partial charge in [-0.3, -0.25) is 0 Å². The number of fused-ring (bicyclic) bond motifs is 1. The number of hydrogen-bond acceptors (Lipinski definition) is 0. The van der Waals surface area contributed by atoms with Crippen molar-refractivity contribution >= 4 is 16.3 Å². The maximum atomic E-state index is 2.35. The normalized spacial score (nSPS) is 13.2. The molecular formula is C21H28. The lowest BCUT2D eigenvalue weighted by Crippen LogP contribution is -2.14. The molecule has 0 saturated heterocycles. The fourth-order valence-electron chi connectivity index (χ4n) is 3.00. The molecule has 0 aromatic heterocycles. The van der Waals surface area contributed by atoms with Crippen molar-refractivity contribution in [2.45, 2.75) is 59.8 Å². The fraction of sp³-hybridized carbons (Fsp3) is 0.429. The quantitative estimate of drug-likeness (QED) is 0.575. The lowest BCUT2D eigenvalue weighted by atomic mass is 9.78. The van der Waals surface area contributed by atoms with Crippen LogP contribution in [0, 0.1) is 0 Å². The van der Waals surface area contributed by atoms with E-state index in [4.69, 9.17) is 0 Å². The van der Waals surface area contributed by atoms with Gasteiger partial charge in [0, 0.05) is 0 Å². The van der Waals surface area contributed by atoms with E-state index >= 15 is 0 Å². The van der Waals surface area contributed by atoms with E-state index in [1.807, 2.05) is 0 Å². The molecule has 0 aliphatic carbocycles. The molecule has 0 aliphatic heterocycles. The number of allylic oxidation sites excluding steroid dienone is 2. The lowest BCUT2D eigenvalue weighted by molar-refractivity contribution is 0.594. The van der Waals surface area contributed by atoms with Crippen LogP contribution in [0.1, 0.15) is 71.1 Å². The molecule has 0 heteroatoms. The van der Waals surface area contributed by atoms with Gasteiger partial charge in [-0.05, 0) is 58.2 Å². The van der Waals surface area contributed by atoms with Gasteiger partial charge in [0.05, 0.1) is 0 Å². The molecule has 0 atom stereocenters. The predicted octanol–water partition coefficient (Wildman–Crippen LogP) is 6.68. The average molecular weight is 280 g/mol. The third-order valence-corrected chi connectivity index (χ3v) is 4.32. The molecule has 0 radical (unpaired) electrons. The van der Waals surface area contributed by atoms with Crippen molar-refractivity contribution < 1.29 is 0 Å². The molecule has 0 heterocycles. The summed E-state index contributed by atoms with van der Waals surface area (Å²) in [5.74, 6) is 0.574. The fourth-order valence-corrected chi connectivity index (χ4v) is 3.00. The van der Waals surface area contributed by atoms with Gasteiger partial charge in [-0.1, -0.05) is 71.0 Å². The van der Waals surface area contributed by atoms with Gasteiger partial charge in [-0.15, -0.1) is 0 Å². The van der Waals surface area contributed by atoms with Gasteiger partial charge in [0.1, 0.15) is 0 Å². The average Bonchev–Trinajstić information content (AvgIpc) is 2.43. The summed E-state index contributed by atoms with van der Waals surface area (Å²) < 4.78 is 0. The van der Waals surface area contributed by atoms with Crippen LogP contribution in [0.2, 0.25) is 0 Å². The molecule has 0 saturated carbocycles. The Kier molecular flexibility index (Phi) is 4.27. The molecule has 2 aromatic carbocycles. The smallest absolute Gasteiger partial charge is 0.0120 e. The van der Waals surface area contributed by atoms with Gasteiger partial charge < -0.3 is 0 Å². The predicted molar refractivity (Wildman–Crippen MR) is 96.1 cm³/mol. The van der Waals surface area contributed by atoms with Crippen molar-refractivity contribution in [3.8, 4) is 0 Å². The zero-order valence-electron chi connectivity index (χ0n) is 14.5. The molecule has 0 bridgehead atoms. The molecule has 0 nitrogen and oxygen atoms in total. The summed E-state index contributed by atoms with van der Waals surface area (Å²) in [5.41, 5.74) is 5.76. The van der Waals surface area contributed by atoms with E-state index in [1.165, 1.54) is 33.0 Å². The summed E-state index contributed by atoms with van der Waals surface area (Å²) in [6.45, 7) is 15.8. The molecule has 112 valence electrons. The number of rotatable bonds is 2. The Morgan fingerprint density at radius 3 is 2.24 bits per heavy atom. The summed E-state index contributed by atoms with van der Waals surface area (Å²) in [4.78, 5) is 0. The molecule has 2 rings (SSSR count). The van der Waals surface area contributed by atoms with E-state index < -0.39 is 0 Å². The largest absolute Gasteiger partial charge is 0.0841 e. The second kappa shape index (κ2) is 5.67. The van der Waals surface area contributed by atoms with Crippen molar-refractivity contribution in [3.05, 3.63) is 53.1 Å². The van der Waals surface area contributed by atoms with Crippen molar-refractivity contribution in [2.24, 2.45) is 0 Å². The zero-order valence-corrected chi connectivity index (χ0v) is 14.5. The van der Waals surface area contributed by atoms with Gasteiger partial charge in [-0.2, -0.15) is 0 Å². The van der Waals surface area contributed by atoms with E-state index in [2.05, 4.69) is 84.9 Å². The summed E-state index contributed by atoms with van der Waals surface area (Å²) in [7, 11) is 0. The maximum Gasteiger partial charge on any atom is -0.0120 e. The summed E-state index contributed by atoms with van der Waals surface area (Å²) in [6.07, 6.45) is 2.21. The Labute approximate surface area is 129 Å². The third-order valence-electron chi connectivity index (χ3n) is 4.32. The van der Waals surface area contributed by atoms with Crippen LogP contribution in [0.15, 0.2) is 36.4 Å². The van der Waals surface area contributed by atoms with Crippen LogP contribution in [0.25, 0.3) is 16.3 Å². The lowest BCUT2D eigenvalue weighted by Gasteiger charge is -2.26. The maximum absolute atomic E-state index is 2.35. The molecule has 0 N–H and O–H groups in total. The zero-order chi connectivity index (χ0) is 15.8. The summed E-state index contributed by atoms with van der Waals surface area (Å²) in [6, 6.07) is 11.5. The summed E-state index contributed by atoms with van der Waals surface area (Å²) in [5, 5.41) is 2.75. The second-order valence-corrected chi connectivity index (χ2v) is 7.35. The van der Waals surface area contributed by atoms with Crippen LogP contribution in [-0.2, 0) is 5.41 Å². The Hall–Kier alpha value is -1.56. The Balaban J connectivity index is 2.83. The van der Waals surface area contributed by atoms with Crippen LogP contribution in [0.3, 0.4) is 0 Å². The van der Waals surface area contributed by atoms with Crippen molar-refractivity contribution in [1.29, 1.82) is 0 Å². The molecule has 0 aliphatic rings. The van der Waals surface area contributed by atoms with Gasteiger partial charge in [0.2, 0.25) is 0 Å². The SMILES string of the molecule is C/C=C(/C)c1ccc2cc(C(C)C)ccc2c1C(C)(C)C. The highest BCUT2D eigenvalue weighted by atomic mass is 14.3. The molecule has 0 unspecified atom stereocenters. The first kappa shape index (κ1) is 15.8. The summed E-state index contributed by atoms with van der Waals surface area (Å²) >= 11 is 0. The van der Waals surface area contributed by atoms with Gasteiger partial charge in [-0.25, -0.2) is 0 Å². The van der Waals surface area contributed by atoms with Crippen LogP contribution in [0.4, 0.5) is 0 Å². The van der Waals surface area contributed by atoms with Crippen LogP contribution in [0.5, 0.6) is 0 Å².